The van der Waals surface area contributed by atoms with Gasteiger partial charge in [-0.1, -0.05) is 37.6 Å². The number of nitrogens with one attached hydrogen (secondary N) is 3. The Morgan fingerprint density at radius 1 is 0.968 bits per heavy atom. The van der Waals surface area contributed by atoms with Crippen LogP contribution in [0.15, 0.2) is 53.5 Å². The Bertz CT molecular complexity index is 855. The van der Waals surface area contributed by atoms with E-state index in [2.05, 4.69) is 27.9 Å². The fourth-order valence-electron chi connectivity index (χ4n) is 2.70. The van der Waals surface area contributed by atoms with Crippen LogP contribution in [0.1, 0.15) is 46.8 Å². The number of halogens is 4. The smallest absolute Gasteiger partial charge is 0.352 e. The van der Waals surface area contributed by atoms with E-state index in [1.165, 1.54) is 6.07 Å². The van der Waals surface area contributed by atoms with Gasteiger partial charge in [0, 0.05) is 32.2 Å². The molecule has 0 atom stereocenters. The second kappa shape index (κ2) is 13.2. The van der Waals surface area contributed by atoms with E-state index < -0.39 is 11.7 Å². The number of amides is 1. The average molecular weight is 548 g/mol. The molecule has 3 N–H and O–H groups in total. The number of guanidine groups is 1. The summed E-state index contributed by atoms with van der Waals surface area (Å²) in [5.74, 6) is 0.371. The second-order valence-corrected chi connectivity index (χ2v) is 6.78. The van der Waals surface area contributed by atoms with Crippen molar-refractivity contribution in [1.82, 2.24) is 16.0 Å². The highest BCUT2D eigenvalue weighted by molar-refractivity contribution is 14.0. The molecule has 0 heterocycles. The Labute approximate surface area is 197 Å². The first kappa shape index (κ1) is 26.7. The summed E-state index contributed by atoms with van der Waals surface area (Å²) in [5, 5.41) is 8.98. The number of carbonyl (C=O) groups is 1. The summed E-state index contributed by atoms with van der Waals surface area (Å²) in [6, 6.07) is 12.4. The van der Waals surface area contributed by atoms with Crippen LogP contribution in [-0.4, -0.2) is 25.5 Å². The lowest BCUT2D eigenvalue weighted by Crippen LogP contribution is -2.36. The van der Waals surface area contributed by atoms with Gasteiger partial charge in [-0.2, -0.15) is 13.2 Å². The van der Waals surface area contributed by atoms with Gasteiger partial charge in [0.2, 0.25) is 0 Å². The van der Waals surface area contributed by atoms with E-state index in [0.29, 0.717) is 30.2 Å². The van der Waals surface area contributed by atoms with Crippen LogP contribution in [0.4, 0.5) is 13.2 Å². The van der Waals surface area contributed by atoms with E-state index in [4.69, 9.17) is 0 Å². The molecule has 0 saturated heterocycles. The molecular weight excluding hydrogens is 520 g/mol. The molecule has 0 fully saturated rings. The average Bonchev–Trinajstić information content (AvgIpc) is 2.74. The highest BCUT2D eigenvalue weighted by atomic mass is 127. The van der Waals surface area contributed by atoms with Crippen molar-refractivity contribution in [3.63, 3.8) is 0 Å². The molecule has 170 valence electrons. The minimum Gasteiger partial charge on any atom is -0.352 e. The van der Waals surface area contributed by atoms with Crippen molar-refractivity contribution in [2.75, 3.05) is 13.6 Å². The first-order valence-corrected chi connectivity index (χ1v) is 9.81. The van der Waals surface area contributed by atoms with Crippen LogP contribution in [0, 0.1) is 0 Å². The first-order chi connectivity index (χ1) is 14.3. The van der Waals surface area contributed by atoms with Crippen molar-refractivity contribution >= 4 is 35.8 Å². The molecular formula is C22H28F3IN4O. The molecule has 31 heavy (non-hydrogen) atoms. The number of hydrogen-bond donors (Lipinski definition) is 3. The predicted octanol–water partition coefficient (Wildman–Crippen LogP) is 4.72. The summed E-state index contributed by atoms with van der Waals surface area (Å²) in [6.45, 7) is 3.39. The van der Waals surface area contributed by atoms with Crippen molar-refractivity contribution < 1.29 is 18.0 Å². The lowest BCUT2D eigenvalue weighted by atomic mass is 10.1. The number of nitrogens with zero attached hydrogens (tertiary/aromatic N) is 1. The van der Waals surface area contributed by atoms with Gasteiger partial charge in [0.05, 0.1) is 5.56 Å². The molecule has 0 aliphatic heterocycles. The topological polar surface area (TPSA) is 65.5 Å². The molecule has 1 amide bonds. The predicted molar refractivity (Wildman–Crippen MR) is 128 cm³/mol. The number of benzene rings is 2. The van der Waals surface area contributed by atoms with Crippen molar-refractivity contribution in [1.29, 1.82) is 0 Å². The van der Waals surface area contributed by atoms with Crippen molar-refractivity contribution in [3.05, 3.63) is 70.8 Å². The van der Waals surface area contributed by atoms with Gasteiger partial charge in [-0.15, -0.1) is 24.0 Å². The molecule has 0 bridgehead atoms. The van der Waals surface area contributed by atoms with Crippen LogP contribution >= 0.6 is 24.0 Å². The fraction of sp³-hybridized carbons (Fsp3) is 0.364. The number of rotatable bonds is 8. The maximum absolute atomic E-state index is 12.8. The van der Waals surface area contributed by atoms with Gasteiger partial charge < -0.3 is 16.0 Å². The third-order valence-electron chi connectivity index (χ3n) is 4.43. The molecule has 5 nitrogen and oxygen atoms in total. The molecule has 0 aliphatic carbocycles. The van der Waals surface area contributed by atoms with Crippen LogP contribution in [0.2, 0.25) is 0 Å². The number of hydrogen-bond acceptors (Lipinski definition) is 2. The highest BCUT2D eigenvalue weighted by Gasteiger charge is 2.30. The van der Waals surface area contributed by atoms with Crippen molar-refractivity contribution in [2.45, 2.75) is 39.0 Å². The summed E-state index contributed by atoms with van der Waals surface area (Å²) >= 11 is 0. The van der Waals surface area contributed by atoms with Crippen molar-refractivity contribution in [3.8, 4) is 0 Å². The molecule has 2 aromatic carbocycles. The van der Waals surface area contributed by atoms with E-state index >= 15 is 0 Å². The Balaban J connectivity index is 0.00000480. The molecule has 9 heteroatoms. The fourth-order valence-corrected chi connectivity index (χ4v) is 2.70. The van der Waals surface area contributed by atoms with Gasteiger partial charge in [-0.05, 0) is 41.8 Å². The van der Waals surface area contributed by atoms with Gasteiger partial charge in [0.25, 0.3) is 5.91 Å². The Hall–Kier alpha value is -2.30. The minimum atomic E-state index is -4.37. The zero-order chi connectivity index (χ0) is 22.0. The molecule has 0 saturated carbocycles. The summed E-state index contributed by atoms with van der Waals surface area (Å²) in [7, 11) is 1.59. The maximum atomic E-state index is 12.8. The summed E-state index contributed by atoms with van der Waals surface area (Å²) < 4.78 is 38.4. The molecule has 0 unspecified atom stereocenters. The quantitative estimate of drug-likeness (QED) is 0.194. The largest absolute Gasteiger partial charge is 0.416 e. The maximum Gasteiger partial charge on any atom is 0.416 e. The zero-order valence-corrected chi connectivity index (χ0v) is 19.9. The lowest BCUT2D eigenvalue weighted by molar-refractivity contribution is -0.137. The monoisotopic (exact) mass is 548 g/mol. The van der Waals surface area contributed by atoms with E-state index in [9.17, 15) is 18.0 Å². The number of unbranched alkanes of at least 4 members (excludes halogenated alkanes) is 1. The van der Waals surface area contributed by atoms with Crippen LogP contribution in [0.5, 0.6) is 0 Å². The van der Waals surface area contributed by atoms with Crippen molar-refractivity contribution in [2.24, 2.45) is 4.99 Å². The van der Waals surface area contributed by atoms with E-state index in [1.54, 1.807) is 25.2 Å². The van der Waals surface area contributed by atoms with Gasteiger partial charge in [-0.3, -0.25) is 9.79 Å². The molecule has 0 spiro atoms. The number of carbonyl (C=O) groups excluding carboxylic acids is 1. The van der Waals surface area contributed by atoms with E-state index in [0.717, 1.165) is 30.5 Å². The molecule has 0 aliphatic rings. The van der Waals surface area contributed by atoms with E-state index in [-0.39, 0.29) is 36.4 Å². The van der Waals surface area contributed by atoms with Gasteiger partial charge in [0.1, 0.15) is 0 Å². The zero-order valence-electron chi connectivity index (χ0n) is 17.6. The molecule has 0 aromatic heterocycles. The van der Waals surface area contributed by atoms with E-state index in [1.807, 2.05) is 12.1 Å². The van der Waals surface area contributed by atoms with Crippen LogP contribution < -0.4 is 16.0 Å². The lowest BCUT2D eigenvalue weighted by Gasteiger charge is -2.13. The minimum absolute atomic E-state index is 0. The molecule has 2 rings (SSSR count). The Morgan fingerprint density at radius 3 is 2.19 bits per heavy atom. The third-order valence-corrected chi connectivity index (χ3v) is 4.43. The van der Waals surface area contributed by atoms with Gasteiger partial charge >= 0.3 is 6.18 Å². The normalized spacial score (nSPS) is 11.5. The number of aliphatic imine (C=N–C) groups is 1. The summed E-state index contributed by atoms with van der Waals surface area (Å²) in [4.78, 5) is 16.1. The first-order valence-electron chi connectivity index (χ1n) is 9.81. The standard InChI is InChI=1S/C22H27F3N4O.HI/c1-3-4-12-27-20(30)18-10-8-16(9-11-18)14-28-21(26-2)29-15-17-6-5-7-19(13-17)22(23,24)25;/h5-11,13H,3-4,12,14-15H2,1-2H3,(H,27,30)(H2,26,28,29);1H. The molecule has 0 radical (unpaired) electrons. The number of alkyl halides is 3. The van der Waals surface area contributed by atoms with Gasteiger partial charge in [0.15, 0.2) is 5.96 Å². The van der Waals surface area contributed by atoms with Crippen LogP contribution in [-0.2, 0) is 19.3 Å². The van der Waals surface area contributed by atoms with Crippen LogP contribution in [0.25, 0.3) is 0 Å². The Kier molecular flexibility index (Phi) is 11.4. The Morgan fingerprint density at radius 2 is 1.61 bits per heavy atom. The third kappa shape index (κ3) is 9.16. The summed E-state index contributed by atoms with van der Waals surface area (Å²) in [5.41, 5.74) is 1.37. The molecule has 2 aromatic rings. The SMILES string of the molecule is CCCCNC(=O)c1ccc(CNC(=NC)NCc2cccc(C(F)(F)F)c2)cc1.I. The second-order valence-electron chi connectivity index (χ2n) is 6.78. The highest BCUT2D eigenvalue weighted by Crippen LogP contribution is 2.29. The summed E-state index contributed by atoms with van der Waals surface area (Å²) in [6.07, 6.45) is -2.40. The van der Waals surface area contributed by atoms with Crippen LogP contribution in [0.3, 0.4) is 0 Å². The van der Waals surface area contributed by atoms with Gasteiger partial charge in [-0.25, -0.2) is 0 Å².